The summed E-state index contributed by atoms with van der Waals surface area (Å²) in [6.07, 6.45) is 11.0. The second-order valence-corrected chi connectivity index (χ2v) is 34.4. The van der Waals surface area contributed by atoms with E-state index in [-0.39, 0.29) is 0 Å². The second kappa shape index (κ2) is 11.4. The summed E-state index contributed by atoms with van der Waals surface area (Å²) in [6, 6.07) is 0. The molecule has 24 heavy (non-hydrogen) atoms. The van der Waals surface area contributed by atoms with Crippen molar-refractivity contribution < 1.29 is 33.0 Å². The van der Waals surface area contributed by atoms with Crippen molar-refractivity contribution in [1.29, 1.82) is 0 Å². The van der Waals surface area contributed by atoms with Gasteiger partial charge in [0.1, 0.15) is 0 Å². The number of hydrogen-bond donors (Lipinski definition) is 0. The molecule has 0 atom stereocenters. The molecule has 0 saturated heterocycles. The minimum absolute atomic E-state index is 0.312. The van der Waals surface area contributed by atoms with Crippen molar-refractivity contribution >= 4 is 11.5 Å². The van der Waals surface area contributed by atoms with Crippen LogP contribution in [0.4, 0.5) is 7.00 Å². The Morgan fingerprint density at radius 2 is 1.38 bits per heavy atom. The van der Waals surface area contributed by atoms with Gasteiger partial charge in [0.2, 0.25) is 0 Å². The standard InChI is InChI=1S/C5H5.3C4H9O.F2GeH.Zr/c1-2-4-5-3-1;3*1-2-3-4-5;1-3-2;/h1-3H,4H2;3*2-4H2,1H3;3H;/q;3*-1;;+3. The van der Waals surface area contributed by atoms with Crippen LogP contribution in [0.3, 0.4) is 0 Å². The molecule has 0 saturated carbocycles. The molecule has 0 aromatic carbocycles. The van der Waals surface area contributed by atoms with Gasteiger partial charge in [-0.05, 0) is 0 Å². The first-order valence-electron chi connectivity index (χ1n) is 9.29. The Morgan fingerprint density at radius 3 is 1.67 bits per heavy atom. The zero-order valence-electron chi connectivity index (χ0n) is 15.4. The molecule has 1 rings (SSSR count). The fourth-order valence-corrected chi connectivity index (χ4v) is 27.6. The Kier molecular flexibility index (Phi) is 10.8. The quantitative estimate of drug-likeness (QED) is 0.244. The van der Waals surface area contributed by atoms with Gasteiger partial charge in [-0.15, -0.1) is 0 Å². The molecular weight excluding hydrogens is 454 g/mol. The van der Waals surface area contributed by atoms with Gasteiger partial charge in [-0.1, -0.05) is 0 Å². The van der Waals surface area contributed by atoms with Gasteiger partial charge in [0, 0.05) is 0 Å². The van der Waals surface area contributed by atoms with Crippen LogP contribution in [0.2, 0.25) is 0 Å². The zero-order chi connectivity index (χ0) is 17.9. The van der Waals surface area contributed by atoms with Gasteiger partial charge in [-0.3, -0.25) is 0 Å². The molecule has 141 valence electrons. The number of halogens is 2. The minimum atomic E-state index is -5.57. The molecular formula is C17H33F2GeO3Zr. The monoisotopic (exact) mass is 487 g/mol. The average molecular weight is 487 g/mol. The van der Waals surface area contributed by atoms with E-state index in [1.807, 2.05) is 32.9 Å². The molecule has 0 aromatic rings. The van der Waals surface area contributed by atoms with Crippen molar-refractivity contribution in [3.63, 3.8) is 0 Å². The normalized spacial score (nSPS) is 16.4. The summed E-state index contributed by atoms with van der Waals surface area (Å²) in [5, 5.41) is 0. The molecule has 0 amide bonds. The molecule has 7 heteroatoms. The Balaban J connectivity index is 3.20. The van der Waals surface area contributed by atoms with Crippen LogP contribution in [0.5, 0.6) is 0 Å². The summed E-state index contributed by atoms with van der Waals surface area (Å²) in [5.41, 5.74) is 0. The molecule has 0 aliphatic heterocycles. The zero-order valence-corrected chi connectivity index (χ0v) is 20.2. The molecule has 0 aromatic heterocycles. The van der Waals surface area contributed by atoms with Gasteiger partial charge in [0.25, 0.3) is 0 Å². The molecule has 0 fully saturated rings. The Labute approximate surface area is 151 Å². The molecule has 0 N–H and O–H groups in total. The van der Waals surface area contributed by atoms with Gasteiger partial charge >= 0.3 is 152 Å². The van der Waals surface area contributed by atoms with Gasteiger partial charge in [0.05, 0.1) is 0 Å². The van der Waals surface area contributed by atoms with Crippen LogP contribution in [0.15, 0.2) is 21.5 Å². The Morgan fingerprint density at radius 1 is 0.917 bits per heavy atom. The van der Waals surface area contributed by atoms with Gasteiger partial charge in [-0.25, -0.2) is 0 Å². The fraction of sp³-hybridized carbons (Fsp3) is 0.765. The number of allylic oxidation sites excluding steroid dienone is 4. The van der Waals surface area contributed by atoms with Crippen LogP contribution in [0.1, 0.15) is 65.7 Å². The number of hydrogen-bond acceptors (Lipinski definition) is 3. The summed E-state index contributed by atoms with van der Waals surface area (Å²) in [5.74, 6) is 0. The van der Waals surface area contributed by atoms with Crippen LogP contribution in [-0.2, 0) is 26.0 Å². The molecule has 0 bridgehead atoms. The molecule has 1 aliphatic rings. The van der Waals surface area contributed by atoms with E-state index in [0.717, 1.165) is 38.5 Å². The summed E-state index contributed by atoms with van der Waals surface area (Å²) in [7, 11) is 0. The van der Waals surface area contributed by atoms with Gasteiger partial charge in [0.15, 0.2) is 0 Å². The van der Waals surface area contributed by atoms with Gasteiger partial charge < -0.3 is 0 Å². The number of rotatable bonds is 14. The predicted molar refractivity (Wildman–Crippen MR) is 93.8 cm³/mol. The fourth-order valence-electron chi connectivity index (χ4n) is 2.74. The maximum absolute atomic E-state index is 14.8. The first kappa shape index (κ1) is 22.7. The van der Waals surface area contributed by atoms with E-state index in [0.29, 0.717) is 29.5 Å². The second-order valence-electron chi connectivity index (χ2n) is 6.29. The average Bonchev–Trinajstić information content (AvgIpc) is 3.10. The van der Waals surface area contributed by atoms with Crippen LogP contribution in [0, 0.1) is 0 Å². The summed E-state index contributed by atoms with van der Waals surface area (Å²) in [6.45, 7) is 7.03. The van der Waals surface area contributed by atoms with E-state index in [1.54, 1.807) is 6.08 Å². The maximum atomic E-state index is 14.8. The van der Waals surface area contributed by atoms with Crippen molar-refractivity contribution in [2.24, 2.45) is 0 Å². The third kappa shape index (κ3) is 5.32. The van der Waals surface area contributed by atoms with Gasteiger partial charge in [-0.2, -0.15) is 0 Å². The van der Waals surface area contributed by atoms with Crippen molar-refractivity contribution in [2.45, 2.75) is 65.7 Å². The molecule has 0 radical (unpaired) electrons. The predicted octanol–water partition coefficient (Wildman–Crippen LogP) is 5.37. The molecule has 0 unspecified atom stereocenters. The van der Waals surface area contributed by atoms with Crippen LogP contribution in [0.25, 0.3) is 0 Å². The van der Waals surface area contributed by atoms with Crippen molar-refractivity contribution in [3.8, 4) is 0 Å². The summed E-state index contributed by atoms with van der Waals surface area (Å²) >= 11 is -10.4. The summed E-state index contributed by atoms with van der Waals surface area (Å²) < 4.78 is 48.5. The summed E-state index contributed by atoms with van der Waals surface area (Å²) in [4.78, 5) is 0. The molecule has 3 nitrogen and oxygen atoms in total. The first-order valence-corrected chi connectivity index (χ1v) is 23.9. The number of unbranched alkanes of at least 4 members (excludes halogenated alkanes) is 3. The molecule has 0 heterocycles. The van der Waals surface area contributed by atoms with Crippen LogP contribution < -0.4 is 0 Å². The third-order valence-electron chi connectivity index (χ3n) is 4.35. The van der Waals surface area contributed by atoms with Crippen molar-refractivity contribution in [2.75, 3.05) is 19.8 Å². The SMILES string of the molecule is CCCC[O][Zr]([O]CCCC)([O]CCCC)([C]1=CC=CC1)[GeH]([F])[F]. The molecule has 0 spiro atoms. The van der Waals surface area contributed by atoms with E-state index in [9.17, 15) is 7.00 Å². The topological polar surface area (TPSA) is 27.7 Å². The van der Waals surface area contributed by atoms with Crippen LogP contribution >= 0.6 is 0 Å². The van der Waals surface area contributed by atoms with E-state index in [2.05, 4.69) is 0 Å². The third-order valence-corrected chi connectivity index (χ3v) is 35.6. The first-order chi connectivity index (χ1) is 11.6. The Hall–Kier alpha value is 0.646. The van der Waals surface area contributed by atoms with E-state index >= 15 is 0 Å². The van der Waals surface area contributed by atoms with E-state index in [4.69, 9.17) is 8.44 Å². The van der Waals surface area contributed by atoms with Crippen molar-refractivity contribution in [1.82, 2.24) is 0 Å². The van der Waals surface area contributed by atoms with E-state index in [1.165, 1.54) is 0 Å². The Bertz CT molecular complexity index is 401. The van der Waals surface area contributed by atoms with Crippen LogP contribution in [-0.4, -0.2) is 31.3 Å². The van der Waals surface area contributed by atoms with E-state index < -0.39 is 29.1 Å². The molecule has 1 aliphatic carbocycles. The van der Waals surface area contributed by atoms with Crippen molar-refractivity contribution in [3.05, 3.63) is 21.5 Å².